The smallest absolute Gasteiger partial charge is 0.356 e. The van der Waals surface area contributed by atoms with Gasteiger partial charge in [-0.05, 0) is 19.1 Å². The number of nitrogens with one attached hydrogen (secondary N) is 2. The van der Waals surface area contributed by atoms with Crippen LogP contribution in [0.4, 0.5) is 10.5 Å². The third kappa shape index (κ3) is 4.92. The van der Waals surface area contributed by atoms with Gasteiger partial charge in [0.2, 0.25) is 0 Å². The van der Waals surface area contributed by atoms with E-state index in [0.717, 1.165) is 0 Å². The summed E-state index contributed by atoms with van der Waals surface area (Å²) in [5.41, 5.74) is -0.179. The van der Waals surface area contributed by atoms with E-state index >= 15 is 0 Å². The van der Waals surface area contributed by atoms with Crippen molar-refractivity contribution in [2.24, 2.45) is 0 Å². The van der Waals surface area contributed by atoms with Crippen LogP contribution >= 0.6 is 0 Å². The minimum Gasteiger partial charge on any atom is -0.476 e. The molecule has 2 amide bonds. The van der Waals surface area contributed by atoms with E-state index in [1.165, 1.54) is 18.3 Å². The molecule has 8 nitrogen and oxygen atoms in total. The van der Waals surface area contributed by atoms with Crippen molar-refractivity contribution in [2.45, 2.75) is 13.3 Å². The molecule has 8 heteroatoms. The lowest BCUT2D eigenvalue weighted by molar-refractivity contribution is -0.142. The number of nitrogens with zero attached hydrogens (tertiary/aromatic N) is 1. The topological polar surface area (TPSA) is 118 Å². The Balaban J connectivity index is 2.47. The van der Waals surface area contributed by atoms with Gasteiger partial charge >= 0.3 is 18.0 Å². The van der Waals surface area contributed by atoms with Crippen molar-refractivity contribution in [2.75, 3.05) is 18.5 Å². The molecule has 1 heterocycles. The molecule has 0 saturated heterocycles. The van der Waals surface area contributed by atoms with E-state index in [1.807, 2.05) is 0 Å². The summed E-state index contributed by atoms with van der Waals surface area (Å²) >= 11 is 0. The highest BCUT2D eigenvalue weighted by Gasteiger charge is 2.13. The maximum Gasteiger partial charge on any atom is 0.356 e. The second kappa shape index (κ2) is 7.72. The van der Waals surface area contributed by atoms with Crippen molar-refractivity contribution in [3.05, 3.63) is 24.0 Å². The highest BCUT2D eigenvalue weighted by molar-refractivity contribution is 5.98. The Labute approximate surface area is 115 Å². The average molecular weight is 281 g/mol. The van der Waals surface area contributed by atoms with Gasteiger partial charge in [0, 0.05) is 12.7 Å². The Hall–Kier alpha value is -2.64. The summed E-state index contributed by atoms with van der Waals surface area (Å²) in [5, 5.41) is 13.7. The first kappa shape index (κ1) is 15.4. The van der Waals surface area contributed by atoms with E-state index in [9.17, 15) is 14.4 Å². The molecule has 0 aromatic carbocycles. The van der Waals surface area contributed by atoms with Crippen molar-refractivity contribution in [1.29, 1.82) is 0 Å². The van der Waals surface area contributed by atoms with Crippen molar-refractivity contribution >= 4 is 23.7 Å². The molecule has 0 aliphatic carbocycles. The van der Waals surface area contributed by atoms with Gasteiger partial charge in [0.05, 0.1) is 18.7 Å². The molecule has 0 unspecified atom stereocenters. The van der Waals surface area contributed by atoms with Crippen LogP contribution in [0, 0.1) is 0 Å². The van der Waals surface area contributed by atoms with E-state index in [4.69, 9.17) is 9.84 Å². The van der Waals surface area contributed by atoms with Gasteiger partial charge in [-0.2, -0.15) is 0 Å². The lowest BCUT2D eigenvalue weighted by Crippen LogP contribution is -2.31. The van der Waals surface area contributed by atoms with Crippen molar-refractivity contribution in [1.82, 2.24) is 10.3 Å². The average Bonchev–Trinajstić information content (AvgIpc) is 2.39. The summed E-state index contributed by atoms with van der Waals surface area (Å²) in [6.07, 6.45) is 1.35. The van der Waals surface area contributed by atoms with Crippen LogP contribution in [0.25, 0.3) is 0 Å². The number of urea groups is 1. The Morgan fingerprint density at radius 2 is 2.15 bits per heavy atom. The van der Waals surface area contributed by atoms with Crippen molar-refractivity contribution in [3.63, 3.8) is 0 Å². The van der Waals surface area contributed by atoms with Crippen LogP contribution in [0.3, 0.4) is 0 Å². The third-order valence-electron chi connectivity index (χ3n) is 2.18. The molecule has 0 spiro atoms. The molecule has 0 radical (unpaired) electrons. The molecule has 20 heavy (non-hydrogen) atoms. The highest BCUT2D eigenvalue weighted by atomic mass is 16.5. The molecule has 3 N–H and O–H groups in total. The number of carbonyl (C=O) groups excluding carboxylic acids is 2. The monoisotopic (exact) mass is 281 g/mol. The van der Waals surface area contributed by atoms with Gasteiger partial charge < -0.3 is 20.5 Å². The van der Waals surface area contributed by atoms with Gasteiger partial charge in [0.1, 0.15) is 0 Å². The largest absolute Gasteiger partial charge is 0.476 e. The molecule has 0 bridgehead atoms. The Morgan fingerprint density at radius 1 is 1.40 bits per heavy atom. The summed E-state index contributed by atoms with van der Waals surface area (Å²) in [4.78, 5) is 37.1. The van der Waals surface area contributed by atoms with Crippen molar-refractivity contribution < 1.29 is 24.2 Å². The normalized spacial score (nSPS) is 9.65. The molecule has 1 aromatic rings. The maximum absolute atomic E-state index is 11.5. The number of pyridine rings is 1. The van der Waals surface area contributed by atoms with Gasteiger partial charge in [0.15, 0.2) is 5.69 Å². The predicted molar refractivity (Wildman–Crippen MR) is 69.5 cm³/mol. The lowest BCUT2D eigenvalue weighted by Gasteiger charge is -2.08. The Morgan fingerprint density at radius 3 is 2.80 bits per heavy atom. The number of aromatic nitrogens is 1. The molecule has 0 aliphatic heterocycles. The number of hydrogen-bond donors (Lipinski definition) is 3. The number of carboxylic acid groups (broad SMARTS) is 1. The van der Waals surface area contributed by atoms with Crippen LogP contribution in [-0.2, 0) is 9.53 Å². The molecular weight excluding hydrogens is 266 g/mol. The zero-order valence-corrected chi connectivity index (χ0v) is 10.9. The molecule has 0 aliphatic rings. The number of amides is 2. The summed E-state index contributed by atoms with van der Waals surface area (Å²) in [7, 11) is 0. The zero-order chi connectivity index (χ0) is 15.0. The quantitative estimate of drug-likeness (QED) is 0.665. The standard InChI is InChI=1S/C12H15N3O5/c1-2-20-9(16)5-7-14-12(19)15-8-4-3-6-13-10(8)11(17)18/h3-4,6H,2,5,7H2,1H3,(H,17,18)(H2,14,15,19). The second-order valence-corrected chi connectivity index (χ2v) is 3.64. The molecule has 108 valence electrons. The van der Waals surface area contributed by atoms with Gasteiger partial charge in [-0.15, -0.1) is 0 Å². The van der Waals surface area contributed by atoms with Crippen LogP contribution < -0.4 is 10.6 Å². The second-order valence-electron chi connectivity index (χ2n) is 3.64. The summed E-state index contributed by atoms with van der Waals surface area (Å²) in [6, 6.07) is 2.30. The predicted octanol–water partition coefficient (Wildman–Crippen LogP) is 0.854. The number of esters is 1. The molecule has 0 atom stereocenters. The first-order valence-corrected chi connectivity index (χ1v) is 5.93. The van der Waals surface area contributed by atoms with E-state index in [1.54, 1.807) is 6.92 Å². The molecular formula is C12H15N3O5. The van der Waals surface area contributed by atoms with E-state index < -0.39 is 18.0 Å². The summed E-state index contributed by atoms with van der Waals surface area (Å²) in [5.74, 6) is -1.66. The lowest BCUT2D eigenvalue weighted by atomic mass is 10.3. The molecule has 1 aromatic heterocycles. The Bertz CT molecular complexity index is 504. The number of rotatable bonds is 6. The first-order valence-electron chi connectivity index (χ1n) is 5.93. The maximum atomic E-state index is 11.5. The van der Waals surface area contributed by atoms with E-state index in [2.05, 4.69) is 15.6 Å². The van der Waals surface area contributed by atoms with Gasteiger partial charge in [-0.1, -0.05) is 0 Å². The molecule has 1 rings (SSSR count). The first-order chi connectivity index (χ1) is 9.54. The number of hydrogen-bond acceptors (Lipinski definition) is 5. The number of ether oxygens (including phenoxy) is 1. The van der Waals surface area contributed by atoms with E-state index in [0.29, 0.717) is 0 Å². The fraction of sp³-hybridized carbons (Fsp3) is 0.333. The van der Waals surface area contributed by atoms with E-state index in [-0.39, 0.29) is 31.0 Å². The fourth-order valence-electron chi connectivity index (χ4n) is 1.35. The van der Waals surface area contributed by atoms with Crippen LogP contribution in [0.5, 0.6) is 0 Å². The molecule has 0 saturated carbocycles. The fourth-order valence-corrected chi connectivity index (χ4v) is 1.35. The zero-order valence-electron chi connectivity index (χ0n) is 10.9. The third-order valence-corrected chi connectivity index (χ3v) is 2.18. The highest BCUT2D eigenvalue weighted by Crippen LogP contribution is 2.11. The van der Waals surface area contributed by atoms with Crippen LogP contribution in [0.15, 0.2) is 18.3 Å². The minimum atomic E-state index is -1.24. The number of carbonyl (C=O) groups is 3. The minimum absolute atomic E-state index is 0.0418. The number of anilines is 1. The van der Waals surface area contributed by atoms with Crippen LogP contribution in [-0.4, -0.2) is 41.2 Å². The summed E-state index contributed by atoms with van der Waals surface area (Å²) < 4.78 is 4.69. The summed E-state index contributed by atoms with van der Waals surface area (Å²) in [6.45, 7) is 2.06. The number of aromatic carboxylic acids is 1. The van der Waals surface area contributed by atoms with Gasteiger partial charge in [-0.25, -0.2) is 14.6 Å². The Kier molecular flexibility index (Phi) is 5.95. The van der Waals surface area contributed by atoms with Gasteiger partial charge in [-0.3, -0.25) is 4.79 Å². The van der Waals surface area contributed by atoms with Crippen LogP contribution in [0.1, 0.15) is 23.8 Å². The SMILES string of the molecule is CCOC(=O)CCNC(=O)Nc1cccnc1C(=O)O. The van der Waals surface area contributed by atoms with Gasteiger partial charge in [0.25, 0.3) is 0 Å². The van der Waals surface area contributed by atoms with Crippen molar-refractivity contribution in [3.8, 4) is 0 Å². The molecule has 0 fully saturated rings. The number of carboxylic acids is 1. The van der Waals surface area contributed by atoms with Crippen LogP contribution in [0.2, 0.25) is 0 Å².